The minimum atomic E-state index is 1.06. The molecule has 0 bridgehead atoms. The van der Waals surface area contributed by atoms with Crippen molar-refractivity contribution in [3.05, 3.63) is 0 Å². The molecule has 2 fully saturated rings. The van der Waals surface area contributed by atoms with Gasteiger partial charge in [-0.25, -0.2) is 0 Å². The van der Waals surface area contributed by atoms with E-state index in [2.05, 4.69) is 14.1 Å². The van der Waals surface area contributed by atoms with Crippen LogP contribution in [0.15, 0.2) is 0 Å². The Hall–Kier alpha value is 0.390. The Bertz CT molecular complexity index is 167. The van der Waals surface area contributed by atoms with E-state index in [0.29, 0.717) is 0 Å². The predicted molar refractivity (Wildman–Crippen MR) is 69.8 cm³/mol. The molecule has 1 aliphatic carbocycles. The highest BCUT2D eigenvalue weighted by molar-refractivity contribution is 7.13. The second-order valence-electron chi connectivity index (χ2n) is 5.48. The van der Waals surface area contributed by atoms with Gasteiger partial charge in [0.05, 0.1) is 0 Å². The van der Waals surface area contributed by atoms with Crippen LogP contribution in [0.1, 0.15) is 57.8 Å². The van der Waals surface area contributed by atoms with E-state index in [1.54, 1.807) is 0 Å². The number of nitrogens with zero attached hydrogens (tertiary/aromatic N) is 1. The Labute approximate surface area is 97.3 Å². The Morgan fingerprint density at radius 2 is 1.13 bits per heavy atom. The third kappa shape index (κ3) is 3.71. The molecule has 1 unspecified atom stereocenters. The predicted octanol–water partition coefficient (Wildman–Crippen LogP) is 3.85. The van der Waals surface area contributed by atoms with Crippen molar-refractivity contribution in [2.45, 2.75) is 57.8 Å². The minimum absolute atomic E-state index is 1.06. The molecule has 15 heavy (non-hydrogen) atoms. The summed E-state index contributed by atoms with van der Waals surface area (Å²) in [5.41, 5.74) is 0. The second kappa shape index (κ2) is 6.21. The Morgan fingerprint density at radius 1 is 0.667 bits per heavy atom. The standard InChI is InChI=1S/C13H26NP/c15-14-10-8-13(9-11-14)12-6-4-2-1-3-5-7-12/h12-13H,1-11,15H2. The fraction of sp³-hybridized carbons (Fsp3) is 1.00. The van der Waals surface area contributed by atoms with E-state index in [1.165, 1.54) is 70.9 Å². The Balaban J connectivity index is 1.79. The lowest BCUT2D eigenvalue weighted by atomic mass is 9.77. The maximum Gasteiger partial charge on any atom is 0.00189 e. The van der Waals surface area contributed by atoms with Crippen molar-refractivity contribution in [2.75, 3.05) is 13.1 Å². The molecular weight excluding hydrogens is 201 g/mol. The molecule has 0 aromatic rings. The van der Waals surface area contributed by atoms with Gasteiger partial charge in [-0.1, -0.05) is 54.3 Å². The summed E-state index contributed by atoms with van der Waals surface area (Å²) in [5.74, 6) is 2.13. The molecule has 1 saturated heterocycles. The fourth-order valence-electron chi connectivity index (χ4n) is 3.35. The average molecular weight is 227 g/mol. The van der Waals surface area contributed by atoms with Crippen molar-refractivity contribution in [1.82, 2.24) is 4.67 Å². The first kappa shape index (κ1) is 11.9. The summed E-state index contributed by atoms with van der Waals surface area (Å²) in [4.78, 5) is 0. The van der Waals surface area contributed by atoms with Gasteiger partial charge in [0, 0.05) is 13.1 Å². The summed E-state index contributed by atoms with van der Waals surface area (Å²) in [6, 6.07) is 0. The smallest absolute Gasteiger partial charge is 0.00189 e. The molecule has 0 N–H and O–H groups in total. The molecule has 1 saturated carbocycles. The van der Waals surface area contributed by atoms with Crippen molar-refractivity contribution in [2.24, 2.45) is 11.8 Å². The average Bonchev–Trinajstić information content (AvgIpc) is 2.19. The van der Waals surface area contributed by atoms with E-state index in [0.717, 1.165) is 11.8 Å². The van der Waals surface area contributed by atoms with Gasteiger partial charge in [0.25, 0.3) is 0 Å². The maximum atomic E-state index is 2.86. The van der Waals surface area contributed by atoms with E-state index < -0.39 is 0 Å². The highest BCUT2D eigenvalue weighted by Gasteiger charge is 2.25. The lowest BCUT2D eigenvalue weighted by Crippen LogP contribution is -2.30. The zero-order valence-corrected chi connectivity index (χ0v) is 11.1. The van der Waals surface area contributed by atoms with E-state index in [-0.39, 0.29) is 0 Å². The molecule has 1 atom stereocenters. The van der Waals surface area contributed by atoms with E-state index >= 15 is 0 Å². The van der Waals surface area contributed by atoms with Gasteiger partial charge in [0.15, 0.2) is 0 Å². The van der Waals surface area contributed by atoms with Crippen LogP contribution in [0.3, 0.4) is 0 Å². The van der Waals surface area contributed by atoms with Crippen molar-refractivity contribution in [1.29, 1.82) is 0 Å². The van der Waals surface area contributed by atoms with Crippen LogP contribution in [0.4, 0.5) is 0 Å². The molecule has 1 heterocycles. The van der Waals surface area contributed by atoms with Gasteiger partial charge in [-0.2, -0.15) is 0 Å². The first-order valence-electron chi connectivity index (χ1n) is 6.86. The summed E-state index contributed by atoms with van der Waals surface area (Å²) in [7, 11) is 2.86. The summed E-state index contributed by atoms with van der Waals surface area (Å²) in [6.45, 7) is 2.62. The maximum absolute atomic E-state index is 2.86. The van der Waals surface area contributed by atoms with Crippen LogP contribution < -0.4 is 0 Å². The normalized spacial score (nSPS) is 28.6. The molecule has 88 valence electrons. The van der Waals surface area contributed by atoms with Gasteiger partial charge < -0.3 is 0 Å². The number of piperidine rings is 1. The van der Waals surface area contributed by atoms with Crippen molar-refractivity contribution >= 4 is 9.39 Å². The first-order valence-corrected chi connectivity index (χ1v) is 7.37. The van der Waals surface area contributed by atoms with E-state index in [9.17, 15) is 0 Å². The molecule has 0 amide bonds. The molecule has 0 spiro atoms. The van der Waals surface area contributed by atoms with E-state index in [1.807, 2.05) is 0 Å². The molecule has 2 aliphatic rings. The van der Waals surface area contributed by atoms with E-state index in [4.69, 9.17) is 0 Å². The highest BCUT2D eigenvalue weighted by atomic mass is 31.0. The molecule has 2 heteroatoms. The van der Waals surface area contributed by atoms with Crippen molar-refractivity contribution in [3.63, 3.8) is 0 Å². The van der Waals surface area contributed by atoms with Crippen LogP contribution in [-0.4, -0.2) is 17.8 Å². The highest BCUT2D eigenvalue weighted by Crippen LogP contribution is 2.34. The number of hydrogen-bond acceptors (Lipinski definition) is 1. The minimum Gasteiger partial charge on any atom is -0.287 e. The SMILES string of the molecule is PN1CCC(C2CCCCCCC2)CC1. The molecular formula is C13H26NP. The van der Waals surface area contributed by atoms with Crippen molar-refractivity contribution in [3.8, 4) is 0 Å². The van der Waals surface area contributed by atoms with Gasteiger partial charge in [-0.05, 0) is 24.7 Å². The van der Waals surface area contributed by atoms with Crippen LogP contribution in [0.5, 0.6) is 0 Å². The summed E-state index contributed by atoms with van der Waals surface area (Å²) in [5, 5.41) is 0. The molecule has 1 nitrogen and oxygen atoms in total. The monoisotopic (exact) mass is 227 g/mol. The molecule has 0 aromatic carbocycles. The van der Waals surface area contributed by atoms with Crippen LogP contribution >= 0.6 is 9.39 Å². The van der Waals surface area contributed by atoms with Crippen LogP contribution in [0.25, 0.3) is 0 Å². The van der Waals surface area contributed by atoms with Gasteiger partial charge in [-0.15, -0.1) is 0 Å². The summed E-state index contributed by atoms with van der Waals surface area (Å²) >= 11 is 0. The van der Waals surface area contributed by atoms with Gasteiger partial charge >= 0.3 is 0 Å². The first-order chi connectivity index (χ1) is 7.36. The summed E-state index contributed by atoms with van der Waals surface area (Å²) < 4.78 is 2.42. The molecule has 2 rings (SSSR count). The molecule has 0 radical (unpaired) electrons. The number of hydrogen-bond donors (Lipinski definition) is 0. The van der Waals surface area contributed by atoms with Crippen LogP contribution in [0.2, 0.25) is 0 Å². The molecule has 1 aliphatic heterocycles. The molecule has 0 aromatic heterocycles. The zero-order valence-electron chi connectivity index (χ0n) is 9.96. The van der Waals surface area contributed by atoms with Crippen molar-refractivity contribution < 1.29 is 0 Å². The lowest BCUT2D eigenvalue weighted by molar-refractivity contribution is 0.185. The van der Waals surface area contributed by atoms with Gasteiger partial charge in [-0.3, -0.25) is 4.67 Å². The largest absolute Gasteiger partial charge is 0.287 e. The number of rotatable bonds is 1. The quantitative estimate of drug-likeness (QED) is 0.615. The Morgan fingerprint density at radius 3 is 1.73 bits per heavy atom. The van der Waals surface area contributed by atoms with Crippen LogP contribution in [-0.2, 0) is 0 Å². The van der Waals surface area contributed by atoms with Crippen LogP contribution in [0, 0.1) is 11.8 Å². The Kier molecular flexibility index (Phi) is 4.91. The zero-order chi connectivity index (χ0) is 10.5. The summed E-state index contributed by atoms with van der Waals surface area (Å²) in [6.07, 6.45) is 13.5. The third-order valence-electron chi connectivity index (χ3n) is 4.39. The fourth-order valence-corrected chi connectivity index (χ4v) is 3.65. The lowest BCUT2D eigenvalue weighted by Gasteiger charge is -2.35. The van der Waals surface area contributed by atoms with Gasteiger partial charge in [0.2, 0.25) is 0 Å². The van der Waals surface area contributed by atoms with Gasteiger partial charge in [0.1, 0.15) is 0 Å². The second-order valence-corrected chi connectivity index (χ2v) is 6.21. The third-order valence-corrected chi connectivity index (χ3v) is 4.91. The topological polar surface area (TPSA) is 3.24 Å².